The Hall–Kier alpha value is -2.46. The lowest BCUT2D eigenvalue weighted by Gasteiger charge is -2.68. The summed E-state index contributed by atoms with van der Waals surface area (Å²) in [7, 11) is 0. The predicted octanol–water partition coefficient (Wildman–Crippen LogP) is 5.06. The van der Waals surface area contributed by atoms with Crippen LogP contribution in [-0.4, -0.2) is 24.2 Å². The van der Waals surface area contributed by atoms with Crippen molar-refractivity contribution in [3.63, 3.8) is 0 Å². The van der Waals surface area contributed by atoms with Crippen molar-refractivity contribution in [2.24, 2.45) is 5.41 Å². The summed E-state index contributed by atoms with van der Waals surface area (Å²) >= 11 is 0. The predicted molar refractivity (Wildman–Crippen MR) is 107 cm³/mol. The highest BCUT2D eigenvalue weighted by molar-refractivity contribution is 6.26. The average Bonchev–Trinajstić information content (AvgIpc) is 2.81. The van der Waals surface area contributed by atoms with Gasteiger partial charge in [0.1, 0.15) is 11.5 Å². The maximum atomic E-state index is 11.7. The van der Waals surface area contributed by atoms with Crippen molar-refractivity contribution in [1.29, 1.82) is 5.41 Å². The van der Waals surface area contributed by atoms with Gasteiger partial charge in [0.25, 0.3) is 0 Å². The smallest absolute Gasteiger partial charge is 0.173 e. The molecule has 1 aliphatic heterocycles. The van der Waals surface area contributed by atoms with E-state index in [1.54, 1.807) is 0 Å². The van der Waals surface area contributed by atoms with E-state index >= 15 is 0 Å². The number of para-hydroxylation sites is 1. The molecule has 144 valence electrons. The summed E-state index contributed by atoms with van der Waals surface area (Å²) in [6.45, 7) is 0.750. The Labute approximate surface area is 165 Å². The molecule has 2 aromatic rings. The molecular formula is C24H25NO3. The molecule has 2 aliphatic carbocycles. The van der Waals surface area contributed by atoms with E-state index in [1.807, 2.05) is 36.4 Å². The third-order valence-electron chi connectivity index (χ3n) is 7.54. The third kappa shape index (κ3) is 2.27. The van der Waals surface area contributed by atoms with Crippen LogP contribution in [0.25, 0.3) is 0 Å². The van der Waals surface area contributed by atoms with Crippen LogP contribution in [0.2, 0.25) is 0 Å². The second-order valence-corrected chi connectivity index (χ2v) is 8.53. The molecule has 1 heterocycles. The normalized spacial score (nSPS) is 32.4. The Morgan fingerprint density at radius 3 is 2.50 bits per heavy atom. The summed E-state index contributed by atoms with van der Waals surface area (Å²) in [5, 5.41) is 7.19. The molecule has 3 atom stereocenters. The number of benzene rings is 2. The highest BCUT2D eigenvalue weighted by Crippen LogP contribution is 2.76. The Kier molecular flexibility index (Phi) is 3.95. The lowest BCUT2D eigenvalue weighted by atomic mass is 9.47. The number of hydrogen-bond donors (Lipinski definition) is 1. The summed E-state index contributed by atoms with van der Waals surface area (Å²) in [6.07, 6.45) is 6.64. The third-order valence-corrected chi connectivity index (χ3v) is 7.54. The fourth-order valence-electron chi connectivity index (χ4n) is 5.98. The van der Waals surface area contributed by atoms with Gasteiger partial charge in [0.05, 0.1) is 18.4 Å². The van der Waals surface area contributed by atoms with Crippen molar-refractivity contribution in [2.45, 2.75) is 49.5 Å². The van der Waals surface area contributed by atoms with Crippen molar-refractivity contribution in [3.05, 3.63) is 60.2 Å². The Balaban J connectivity index is 1.42. The van der Waals surface area contributed by atoms with Crippen LogP contribution in [0.3, 0.4) is 0 Å². The Morgan fingerprint density at radius 1 is 1.04 bits per heavy atom. The zero-order valence-electron chi connectivity index (χ0n) is 15.9. The van der Waals surface area contributed by atoms with E-state index in [-0.39, 0.29) is 22.2 Å². The van der Waals surface area contributed by atoms with Gasteiger partial charge in [0.2, 0.25) is 0 Å². The minimum atomic E-state index is -0.131. The minimum Gasteiger partial charge on any atom is -0.457 e. The van der Waals surface area contributed by atoms with Crippen LogP contribution in [0.15, 0.2) is 54.6 Å². The molecule has 3 aliphatic rings. The molecule has 0 bridgehead atoms. The van der Waals surface area contributed by atoms with E-state index in [0.29, 0.717) is 6.42 Å². The number of nitrogens with one attached hydrogen (secondary N) is 1. The molecule has 4 nitrogen and oxygen atoms in total. The lowest BCUT2D eigenvalue weighted by molar-refractivity contribution is -0.315. The second-order valence-electron chi connectivity index (χ2n) is 8.53. The summed E-state index contributed by atoms with van der Waals surface area (Å²) in [6, 6.07) is 18.3. The van der Waals surface area contributed by atoms with Crippen LogP contribution in [0.5, 0.6) is 11.5 Å². The molecule has 0 amide bonds. The molecule has 28 heavy (non-hydrogen) atoms. The van der Waals surface area contributed by atoms with Gasteiger partial charge in [-0.3, -0.25) is 4.79 Å². The van der Waals surface area contributed by atoms with Gasteiger partial charge in [-0.05, 0) is 61.9 Å². The standard InChI is InChI=1S/C24H25NO3/c25-16-19(26)9-10-22-11-12-23(13-14-24(22,23)27-17-22)18-5-4-8-21(15-18)28-20-6-2-1-3-7-20/h1-8,15-16,25H,9-14,17H2. The maximum absolute atomic E-state index is 11.7. The van der Waals surface area contributed by atoms with Gasteiger partial charge in [-0.1, -0.05) is 30.3 Å². The number of carbonyl (C=O) groups excluding carboxylic acids is 1. The first-order valence-corrected chi connectivity index (χ1v) is 10.1. The van der Waals surface area contributed by atoms with Crippen LogP contribution in [0, 0.1) is 10.8 Å². The summed E-state index contributed by atoms with van der Waals surface area (Å²) in [4.78, 5) is 11.7. The van der Waals surface area contributed by atoms with E-state index in [4.69, 9.17) is 14.9 Å². The van der Waals surface area contributed by atoms with E-state index in [9.17, 15) is 4.79 Å². The fourth-order valence-corrected chi connectivity index (χ4v) is 5.98. The van der Waals surface area contributed by atoms with Crippen molar-refractivity contribution in [1.82, 2.24) is 0 Å². The average molecular weight is 375 g/mol. The van der Waals surface area contributed by atoms with Crippen LogP contribution in [0.4, 0.5) is 0 Å². The molecule has 3 fully saturated rings. The Bertz CT molecular complexity index is 922. The summed E-state index contributed by atoms with van der Waals surface area (Å²) in [5.74, 6) is 1.62. The highest BCUT2D eigenvalue weighted by atomic mass is 16.5. The molecule has 2 aromatic carbocycles. The molecule has 0 radical (unpaired) electrons. The van der Waals surface area contributed by atoms with Gasteiger partial charge in [-0.2, -0.15) is 0 Å². The summed E-state index contributed by atoms with van der Waals surface area (Å²) in [5.41, 5.74) is 1.30. The number of ether oxygens (including phenoxy) is 2. The first-order valence-electron chi connectivity index (χ1n) is 10.1. The quantitative estimate of drug-likeness (QED) is 0.688. The second kappa shape index (κ2) is 6.28. The van der Waals surface area contributed by atoms with Crippen LogP contribution < -0.4 is 4.74 Å². The van der Waals surface area contributed by atoms with E-state index in [1.165, 1.54) is 5.56 Å². The largest absolute Gasteiger partial charge is 0.457 e. The molecule has 0 aromatic heterocycles. The molecule has 4 heteroatoms. The zero-order valence-corrected chi connectivity index (χ0v) is 15.9. The molecular weight excluding hydrogens is 350 g/mol. The molecule has 1 N–H and O–H groups in total. The first kappa shape index (κ1) is 17.6. The van der Waals surface area contributed by atoms with Gasteiger partial charge in [-0.25, -0.2) is 0 Å². The summed E-state index contributed by atoms with van der Waals surface area (Å²) < 4.78 is 12.4. The van der Waals surface area contributed by atoms with E-state index in [0.717, 1.165) is 56.4 Å². The number of ketones is 1. The number of hydrogen-bond acceptors (Lipinski definition) is 4. The van der Waals surface area contributed by atoms with Crippen molar-refractivity contribution >= 4 is 12.0 Å². The van der Waals surface area contributed by atoms with E-state index in [2.05, 4.69) is 18.2 Å². The van der Waals surface area contributed by atoms with Crippen LogP contribution >= 0.6 is 0 Å². The van der Waals surface area contributed by atoms with Gasteiger partial charge in [0.15, 0.2) is 5.78 Å². The molecule has 1 saturated heterocycles. The number of rotatable bonds is 7. The van der Waals surface area contributed by atoms with Gasteiger partial charge < -0.3 is 14.9 Å². The molecule has 5 rings (SSSR count). The topological polar surface area (TPSA) is 59.4 Å². The monoisotopic (exact) mass is 375 g/mol. The Morgan fingerprint density at radius 2 is 1.82 bits per heavy atom. The molecule has 3 unspecified atom stereocenters. The van der Waals surface area contributed by atoms with Crippen LogP contribution in [-0.2, 0) is 14.9 Å². The number of carbonyl (C=O) groups is 1. The minimum absolute atomic E-state index is 0.0367. The van der Waals surface area contributed by atoms with Gasteiger partial charge in [0, 0.05) is 17.3 Å². The van der Waals surface area contributed by atoms with Crippen molar-refractivity contribution < 1.29 is 14.3 Å². The zero-order chi connectivity index (χ0) is 19.2. The van der Waals surface area contributed by atoms with Crippen LogP contribution in [0.1, 0.15) is 44.1 Å². The molecule has 1 spiro atoms. The van der Waals surface area contributed by atoms with E-state index < -0.39 is 0 Å². The van der Waals surface area contributed by atoms with Crippen molar-refractivity contribution in [2.75, 3.05) is 6.61 Å². The highest BCUT2D eigenvalue weighted by Gasteiger charge is 2.78. The fraction of sp³-hybridized carbons (Fsp3) is 0.417. The molecule has 2 saturated carbocycles. The SMILES string of the molecule is N=CC(=O)CCC12CCC3(c4cccc(Oc5ccccc5)c4)CCC13OC2. The first-order chi connectivity index (χ1) is 13.6. The maximum Gasteiger partial charge on any atom is 0.173 e. The number of Topliss-reactive ketones (excluding diaryl/α,β-unsaturated/α-hetero) is 1. The van der Waals surface area contributed by atoms with Gasteiger partial charge in [-0.15, -0.1) is 0 Å². The lowest BCUT2D eigenvalue weighted by Crippen LogP contribution is -2.73. The van der Waals surface area contributed by atoms with Crippen molar-refractivity contribution in [3.8, 4) is 11.5 Å². The van der Waals surface area contributed by atoms with Gasteiger partial charge >= 0.3 is 0 Å².